The minimum Gasteiger partial charge on any atom is -0.291 e. The fraction of sp³-hybridized carbons (Fsp3) is 0.412. The molecule has 0 saturated carbocycles. The Kier molecular flexibility index (Phi) is 5.58. The van der Waals surface area contributed by atoms with Crippen LogP contribution in [0.15, 0.2) is 40.3 Å². The van der Waals surface area contributed by atoms with Gasteiger partial charge in [0.15, 0.2) is 0 Å². The van der Waals surface area contributed by atoms with Gasteiger partial charge in [-0.25, -0.2) is 0 Å². The number of aliphatic imine (C=N–C) groups is 2. The Morgan fingerprint density at radius 3 is 2.23 bits per heavy atom. The van der Waals surface area contributed by atoms with E-state index >= 15 is 0 Å². The maximum atomic E-state index is 11.8. The monoisotopic (exact) mass is 299 g/mol. The molecule has 5 nitrogen and oxygen atoms in total. The fourth-order valence-corrected chi connectivity index (χ4v) is 2.62. The van der Waals surface area contributed by atoms with Crippen molar-refractivity contribution in [3.05, 3.63) is 35.9 Å². The normalized spacial score (nSPS) is 17.1. The number of imide groups is 1. The lowest BCUT2D eigenvalue weighted by atomic mass is 10.0. The summed E-state index contributed by atoms with van der Waals surface area (Å²) in [6.07, 6.45) is 2.10. The Morgan fingerprint density at radius 1 is 1.05 bits per heavy atom. The van der Waals surface area contributed by atoms with Gasteiger partial charge in [-0.2, -0.15) is 0 Å². The van der Waals surface area contributed by atoms with Crippen molar-refractivity contribution in [1.29, 1.82) is 0 Å². The zero-order chi connectivity index (χ0) is 15.9. The largest absolute Gasteiger partial charge is 0.291 e. The number of piperidine rings is 1. The average molecular weight is 299 g/mol. The highest BCUT2D eigenvalue weighted by Crippen LogP contribution is 2.13. The average Bonchev–Trinajstić information content (AvgIpc) is 2.54. The third-order valence-electron chi connectivity index (χ3n) is 3.77. The van der Waals surface area contributed by atoms with Gasteiger partial charge in [-0.15, -0.1) is 0 Å². The van der Waals surface area contributed by atoms with Crippen LogP contribution >= 0.6 is 0 Å². The lowest BCUT2D eigenvalue weighted by Crippen LogP contribution is -2.41. The summed E-state index contributed by atoms with van der Waals surface area (Å²) >= 11 is 0. The van der Waals surface area contributed by atoms with E-state index in [9.17, 15) is 9.59 Å². The van der Waals surface area contributed by atoms with Gasteiger partial charge in [-0.1, -0.05) is 30.3 Å². The molecule has 1 aromatic carbocycles. The van der Waals surface area contributed by atoms with Crippen LogP contribution in [0.5, 0.6) is 0 Å². The summed E-state index contributed by atoms with van der Waals surface area (Å²) in [7, 11) is 3.44. The van der Waals surface area contributed by atoms with Crippen molar-refractivity contribution in [2.24, 2.45) is 9.98 Å². The van der Waals surface area contributed by atoms with Crippen LogP contribution in [0.2, 0.25) is 0 Å². The van der Waals surface area contributed by atoms with E-state index in [1.165, 1.54) is 4.90 Å². The molecule has 1 fully saturated rings. The van der Waals surface area contributed by atoms with Crippen LogP contribution < -0.4 is 0 Å². The second kappa shape index (κ2) is 7.64. The Balaban J connectivity index is 2.09. The number of nitrogens with zero attached hydrogens (tertiary/aromatic N) is 3. The topological polar surface area (TPSA) is 62.1 Å². The van der Waals surface area contributed by atoms with Crippen LogP contribution in [0.4, 0.5) is 0 Å². The number of hydrogen-bond acceptors (Lipinski definition) is 4. The van der Waals surface area contributed by atoms with Crippen molar-refractivity contribution in [3.63, 3.8) is 0 Å². The van der Waals surface area contributed by atoms with E-state index in [0.29, 0.717) is 32.2 Å². The number of amides is 2. The van der Waals surface area contributed by atoms with Crippen molar-refractivity contribution >= 4 is 23.2 Å². The molecular formula is C17H21N3O2. The van der Waals surface area contributed by atoms with Crippen molar-refractivity contribution in [2.75, 3.05) is 20.6 Å². The van der Waals surface area contributed by atoms with E-state index in [2.05, 4.69) is 9.98 Å². The van der Waals surface area contributed by atoms with Crippen LogP contribution in [0, 0.1) is 0 Å². The molecule has 0 spiro atoms. The minimum atomic E-state index is -0.0820. The van der Waals surface area contributed by atoms with Gasteiger partial charge in [0.05, 0.1) is 11.4 Å². The molecule has 0 atom stereocenters. The number of rotatable bonds is 5. The summed E-state index contributed by atoms with van der Waals surface area (Å²) in [5.74, 6) is -0.164. The molecule has 2 amide bonds. The number of benzene rings is 1. The molecule has 0 unspecified atom stereocenters. The Labute approximate surface area is 130 Å². The second-order valence-corrected chi connectivity index (χ2v) is 5.15. The predicted octanol–water partition coefficient (Wildman–Crippen LogP) is 2.11. The molecule has 0 aromatic heterocycles. The smallest absolute Gasteiger partial charge is 0.229 e. The first-order valence-corrected chi connectivity index (χ1v) is 7.48. The Hall–Kier alpha value is -2.30. The summed E-state index contributed by atoms with van der Waals surface area (Å²) in [6.45, 7) is 0.371. The second-order valence-electron chi connectivity index (χ2n) is 5.15. The highest BCUT2D eigenvalue weighted by Gasteiger charge is 2.26. The van der Waals surface area contributed by atoms with E-state index in [1.807, 2.05) is 30.3 Å². The zero-order valence-corrected chi connectivity index (χ0v) is 13.1. The SMILES string of the molecule is CN=C(CCN1C(=O)CCCC1=O)C(=NC)c1ccccc1. The third kappa shape index (κ3) is 3.67. The molecule has 1 heterocycles. The zero-order valence-electron chi connectivity index (χ0n) is 13.1. The van der Waals surface area contributed by atoms with Gasteiger partial charge < -0.3 is 0 Å². The molecule has 1 aliphatic heterocycles. The molecule has 22 heavy (non-hydrogen) atoms. The number of carbonyl (C=O) groups excluding carboxylic acids is 2. The molecule has 0 aliphatic carbocycles. The molecule has 1 saturated heterocycles. The van der Waals surface area contributed by atoms with Crippen molar-refractivity contribution in [3.8, 4) is 0 Å². The molecular weight excluding hydrogens is 278 g/mol. The highest BCUT2D eigenvalue weighted by molar-refractivity contribution is 6.48. The summed E-state index contributed by atoms with van der Waals surface area (Å²) in [6, 6.07) is 9.80. The van der Waals surface area contributed by atoms with E-state index < -0.39 is 0 Å². The maximum Gasteiger partial charge on any atom is 0.229 e. The van der Waals surface area contributed by atoms with Gasteiger partial charge in [0.25, 0.3) is 0 Å². The predicted molar refractivity (Wildman–Crippen MR) is 87.5 cm³/mol. The van der Waals surface area contributed by atoms with Gasteiger partial charge in [-0.05, 0) is 6.42 Å². The van der Waals surface area contributed by atoms with Gasteiger partial charge in [0.2, 0.25) is 11.8 Å². The van der Waals surface area contributed by atoms with Crippen LogP contribution in [-0.2, 0) is 9.59 Å². The van der Waals surface area contributed by atoms with E-state index in [0.717, 1.165) is 17.0 Å². The van der Waals surface area contributed by atoms with E-state index in [1.54, 1.807) is 14.1 Å². The molecule has 5 heteroatoms. The minimum absolute atomic E-state index is 0.0820. The van der Waals surface area contributed by atoms with Gasteiger partial charge >= 0.3 is 0 Å². The summed E-state index contributed by atoms with van der Waals surface area (Å²) in [5, 5.41) is 0. The van der Waals surface area contributed by atoms with Gasteiger partial charge in [0.1, 0.15) is 0 Å². The van der Waals surface area contributed by atoms with Crippen LogP contribution in [0.25, 0.3) is 0 Å². The molecule has 1 aliphatic rings. The van der Waals surface area contributed by atoms with Crippen LogP contribution in [0.3, 0.4) is 0 Å². The van der Waals surface area contributed by atoms with E-state index in [-0.39, 0.29) is 11.8 Å². The first-order chi connectivity index (χ1) is 10.7. The number of carbonyl (C=O) groups is 2. The molecule has 0 radical (unpaired) electrons. The van der Waals surface area contributed by atoms with Crippen LogP contribution in [0.1, 0.15) is 31.2 Å². The lowest BCUT2D eigenvalue weighted by molar-refractivity contribution is -0.147. The molecule has 0 N–H and O–H groups in total. The van der Waals surface area contributed by atoms with Crippen molar-refractivity contribution in [1.82, 2.24) is 4.90 Å². The fourth-order valence-electron chi connectivity index (χ4n) is 2.62. The number of hydrogen-bond donors (Lipinski definition) is 0. The first-order valence-electron chi connectivity index (χ1n) is 7.48. The molecule has 0 bridgehead atoms. The molecule has 2 rings (SSSR count). The van der Waals surface area contributed by atoms with Gasteiger partial charge in [-0.3, -0.25) is 24.5 Å². The Bertz CT molecular complexity index is 590. The van der Waals surface area contributed by atoms with E-state index in [4.69, 9.17) is 0 Å². The van der Waals surface area contributed by atoms with Crippen LogP contribution in [-0.4, -0.2) is 48.8 Å². The standard InChI is InChI=1S/C17H21N3O2/c1-18-14(17(19-2)13-7-4-3-5-8-13)11-12-20-15(21)9-6-10-16(20)22/h3-5,7-8H,6,9-12H2,1-2H3. The maximum absolute atomic E-state index is 11.8. The Morgan fingerprint density at radius 2 is 1.68 bits per heavy atom. The third-order valence-corrected chi connectivity index (χ3v) is 3.77. The van der Waals surface area contributed by atoms with Gasteiger partial charge in [0, 0.05) is 45.5 Å². The van der Waals surface area contributed by atoms with Crippen molar-refractivity contribution in [2.45, 2.75) is 25.7 Å². The van der Waals surface area contributed by atoms with Crippen molar-refractivity contribution < 1.29 is 9.59 Å². The summed E-state index contributed by atoms with van der Waals surface area (Å²) in [5.41, 5.74) is 2.60. The first kappa shape index (κ1) is 16.1. The molecule has 116 valence electrons. The quantitative estimate of drug-likeness (QED) is 0.617. The number of likely N-dealkylation sites (tertiary alicyclic amines) is 1. The lowest BCUT2D eigenvalue weighted by Gasteiger charge is -2.25. The molecule has 1 aromatic rings. The highest BCUT2D eigenvalue weighted by atomic mass is 16.2. The summed E-state index contributed by atoms with van der Waals surface area (Å²) in [4.78, 5) is 33.7. The summed E-state index contributed by atoms with van der Waals surface area (Å²) < 4.78 is 0.